The molecule has 14 heavy (non-hydrogen) atoms. The Balaban J connectivity index is 2.18. The number of piperidine rings is 1. The van der Waals surface area contributed by atoms with Crippen molar-refractivity contribution in [3.05, 3.63) is 6.33 Å². The molecule has 0 aromatic carbocycles. The summed E-state index contributed by atoms with van der Waals surface area (Å²) < 4.78 is 3.97. The van der Waals surface area contributed by atoms with Crippen molar-refractivity contribution in [1.82, 2.24) is 9.36 Å². The number of ketones is 1. The third-order valence-corrected chi connectivity index (χ3v) is 3.27. The van der Waals surface area contributed by atoms with Crippen molar-refractivity contribution in [2.45, 2.75) is 32.2 Å². The van der Waals surface area contributed by atoms with Gasteiger partial charge in [-0.2, -0.15) is 4.37 Å². The largest absolute Gasteiger partial charge is 0.337 e. The van der Waals surface area contributed by atoms with Crippen LogP contribution in [0.1, 0.15) is 26.2 Å². The molecule has 0 spiro atoms. The highest BCUT2D eigenvalue weighted by Gasteiger charge is 2.27. The van der Waals surface area contributed by atoms with Gasteiger partial charge in [-0.05, 0) is 26.2 Å². The molecule has 1 aromatic rings. The fraction of sp³-hybridized carbons (Fsp3) is 0.667. The van der Waals surface area contributed by atoms with Crippen LogP contribution in [0.5, 0.6) is 0 Å². The maximum Gasteiger partial charge on any atom is 0.205 e. The molecule has 0 N–H and O–H groups in total. The summed E-state index contributed by atoms with van der Waals surface area (Å²) in [4.78, 5) is 17.7. The summed E-state index contributed by atoms with van der Waals surface area (Å²) in [6, 6.07) is 0.0247. The lowest BCUT2D eigenvalue weighted by Crippen LogP contribution is -2.43. The van der Waals surface area contributed by atoms with E-state index in [4.69, 9.17) is 0 Å². The predicted molar refractivity (Wildman–Crippen MR) is 55.6 cm³/mol. The zero-order valence-electron chi connectivity index (χ0n) is 8.14. The second kappa shape index (κ2) is 4.04. The number of anilines is 1. The minimum atomic E-state index is 0.0247. The standard InChI is InChI=1S/C9H13N3OS/c1-7(13)8-4-2-3-5-12(8)9-10-6-11-14-9/h6,8H,2-5H2,1H3. The first-order valence-corrected chi connectivity index (χ1v) is 5.60. The van der Waals surface area contributed by atoms with Gasteiger partial charge in [0.2, 0.25) is 5.13 Å². The van der Waals surface area contributed by atoms with Crippen molar-refractivity contribution < 1.29 is 4.79 Å². The Morgan fingerprint density at radius 3 is 3.14 bits per heavy atom. The first-order valence-electron chi connectivity index (χ1n) is 4.83. The topological polar surface area (TPSA) is 46.1 Å². The van der Waals surface area contributed by atoms with Gasteiger partial charge in [0.25, 0.3) is 0 Å². The van der Waals surface area contributed by atoms with E-state index in [1.807, 2.05) is 0 Å². The fourth-order valence-electron chi connectivity index (χ4n) is 1.88. The quantitative estimate of drug-likeness (QED) is 0.743. The molecular formula is C9H13N3OS. The molecular weight excluding hydrogens is 198 g/mol. The summed E-state index contributed by atoms with van der Waals surface area (Å²) in [5.74, 6) is 0.236. The molecule has 4 nitrogen and oxygen atoms in total. The highest BCUT2D eigenvalue weighted by atomic mass is 32.1. The van der Waals surface area contributed by atoms with Crippen LogP contribution in [0, 0.1) is 0 Å². The van der Waals surface area contributed by atoms with Crippen LogP contribution in [-0.2, 0) is 4.79 Å². The van der Waals surface area contributed by atoms with Crippen LogP contribution in [0.25, 0.3) is 0 Å². The fourth-order valence-corrected chi connectivity index (χ4v) is 2.48. The normalized spacial score (nSPS) is 22.4. The molecule has 1 fully saturated rings. The van der Waals surface area contributed by atoms with Crippen molar-refractivity contribution >= 4 is 22.4 Å². The zero-order valence-corrected chi connectivity index (χ0v) is 8.96. The van der Waals surface area contributed by atoms with E-state index in [1.165, 1.54) is 11.5 Å². The van der Waals surface area contributed by atoms with E-state index < -0.39 is 0 Å². The number of carbonyl (C=O) groups excluding carboxylic acids is 1. The molecule has 5 heteroatoms. The van der Waals surface area contributed by atoms with Gasteiger partial charge in [0.05, 0.1) is 6.04 Å². The first-order chi connectivity index (χ1) is 6.79. The number of nitrogens with zero attached hydrogens (tertiary/aromatic N) is 3. The van der Waals surface area contributed by atoms with E-state index in [1.54, 1.807) is 13.3 Å². The summed E-state index contributed by atoms with van der Waals surface area (Å²) in [6.45, 7) is 2.59. The van der Waals surface area contributed by atoms with Crippen molar-refractivity contribution in [3.63, 3.8) is 0 Å². The molecule has 1 aliphatic heterocycles. The number of aromatic nitrogens is 2. The van der Waals surface area contributed by atoms with Crippen molar-refractivity contribution in [2.24, 2.45) is 0 Å². The summed E-state index contributed by atoms with van der Waals surface area (Å²) in [7, 11) is 0. The molecule has 2 heterocycles. The number of hydrogen-bond donors (Lipinski definition) is 0. The molecule has 76 valence electrons. The van der Waals surface area contributed by atoms with Crippen LogP contribution < -0.4 is 4.90 Å². The van der Waals surface area contributed by atoms with Crippen LogP contribution in [0.3, 0.4) is 0 Å². The Hall–Kier alpha value is -0.970. The Morgan fingerprint density at radius 2 is 2.50 bits per heavy atom. The third-order valence-electron chi connectivity index (χ3n) is 2.57. The highest BCUT2D eigenvalue weighted by Crippen LogP contribution is 2.25. The van der Waals surface area contributed by atoms with Crippen LogP contribution in [0.15, 0.2) is 6.33 Å². The summed E-state index contributed by atoms with van der Waals surface area (Å²) in [5.41, 5.74) is 0. The molecule has 1 aromatic heterocycles. The van der Waals surface area contributed by atoms with E-state index in [-0.39, 0.29) is 11.8 Å². The third kappa shape index (κ3) is 1.77. The van der Waals surface area contributed by atoms with Crippen molar-refractivity contribution in [3.8, 4) is 0 Å². The molecule has 0 bridgehead atoms. The maximum absolute atomic E-state index is 11.4. The first kappa shape index (κ1) is 9.58. The number of carbonyl (C=O) groups is 1. The van der Waals surface area contributed by atoms with Crippen molar-refractivity contribution in [2.75, 3.05) is 11.4 Å². The van der Waals surface area contributed by atoms with Gasteiger partial charge in [0, 0.05) is 18.1 Å². The predicted octanol–water partition coefficient (Wildman–Crippen LogP) is 1.49. The molecule has 0 radical (unpaired) electrons. The van der Waals surface area contributed by atoms with Crippen LogP contribution in [0.4, 0.5) is 5.13 Å². The Kier molecular flexibility index (Phi) is 2.77. The number of rotatable bonds is 2. The zero-order chi connectivity index (χ0) is 9.97. The molecule has 2 rings (SSSR count). The van der Waals surface area contributed by atoms with Gasteiger partial charge in [-0.25, -0.2) is 4.98 Å². The summed E-state index contributed by atoms with van der Waals surface area (Å²) >= 11 is 1.36. The minimum Gasteiger partial charge on any atom is -0.337 e. The lowest BCUT2D eigenvalue weighted by atomic mass is 10.00. The van der Waals surface area contributed by atoms with Gasteiger partial charge in [0.15, 0.2) is 5.78 Å². The number of hydrogen-bond acceptors (Lipinski definition) is 5. The second-order valence-electron chi connectivity index (χ2n) is 3.54. The van der Waals surface area contributed by atoms with Gasteiger partial charge in [-0.15, -0.1) is 0 Å². The van der Waals surface area contributed by atoms with E-state index >= 15 is 0 Å². The van der Waals surface area contributed by atoms with Crippen molar-refractivity contribution in [1.29, 1.82) is 0 Å². The molecule has 0 amide bonds. The SMILES string of the molecule is CC(=O)C1CCCCN1c1ncns1. The Morgan fingerprint density at radius 1 is 1.64 bits per heavy atom. The number of Topliss-reactive ketones (excluding diaryl/α,β-unsaturated/α-hetero) is 1. The lowest BCUT2D eigenvalue weighted by molar-refractivity contribution is -0.118. The van der Waals surface area contributed by atoms with Gasteiger partial charge >= 0.3 is 0 Å². The molecule has 0 saturated carbocycles. The molecule has 1 aliphatic rings. The van der Waals surface area contributed by atoms with E-state index in [0.29, 0.717) is 0 Å². The molecule has 0 aliphatic carbocycles. The van der Waals surface area contributed by atoms with Crippen LogP contribution in [-0.4, -0.2) is 27.7 Å². The van der Waals surface area contributed by atoms with Gasteiger partial charge in [-0.3, -0.25) is 4.79 Å². The highest BCUT2D eigenvalue weighted by molar-refractivity contribution is 7.09. The minimum absolute atomic E-state index is 0.0247. The van der Waals surface area contributed by atoms with Crippen LogP contribution >= 0.6 is 11.5 Å². The molecule has 1 unspecified atom stereocenters. The second-order valence-corrected chi connectivity index (χ2v) is 4.30. The molecule has 1 saturated heterocycles. The van der Waals surface area contributed by atoms with E-state index in [2.05, 4.69) is 14.3 Å². The van der Waals surface area contributed by atoms with Crippen LogP contribution in [0.2, 0.25) is 0 Å². The Bertz CT molecular complexity index is 312. The molecule has 1 atom stereocenters. The van der Waals surface area contributed by atoms with E-state index in [0.717, 1.165) is 30.9 Å². The van der Waals surface area contributed by atoms with Gasteiger partial charge < -0.3 is 4.90 Å². The average Bonchev–Trinajstić information content (AvgIpc) is 2.70. The maximum atomic E-state index is 11.4. The van der Waals surface area contributed by atoms with E-state index in [9.17, 15) is 4.79 Å². The lowest BCUT2D eigenvalue weighted by Gasteiger charge is -2.33. The smallest absolute Gasteiger partial charge is 0.205 e. The average molecular weight is 211 g/mol. The van der Waals surface area contributed by atoms with Gasteiger partial charge in [0.1, 0.15) is 6.33 Å². The summed E-state index contributed by atoms with van der Waals surface area (Å²) in [5, 5.41) is 0.880. The van der Waals surface area contributed by atoms with Gasteiger partial charge in [-0.1, -0.05) is 0 Å². The Labute approximate surface area is 87.1 Å². The monoisotopic (exact) mass is 211 g/mol. The summed E-state index contributed by atoms with van der Waals surface area (Å²) in [6.07, 6.45) is 4.78.